The number of halogens is 1. The maximum Gasteiger partial charge on any atom is 0.332 e. The Balaban J connectivity index is 1.69. The predicted molar refractivity (Wildman–Crippen MR) is 105 cm³/mol. The molecule has 2 heterocycles. The molecule has 0 aliphatic heterocycles. The minimum atomic E-state index is -0.562. The largest absolute Gasteiger partial charge is 0.492 e. The van der Waals surface area contributed by atoms with E-state index in [4.69, 9.17) is 16.3 Å². The minimum absolute atomic E-state index is 0.0422. The van der Waals surface area contributed by atoms with E-state index in [-0.39, 0.29) is 35.4 Å². The Labute approximate surface area is 165 Å². The van der Waals surface area contributed by atoms with E-state index in [0.717, 1.165) is 15.9 Å². The molecule has 9 nitrogen and oxygen atoms in total. The predicted octanol–water partition coefficient (Wildman–Crippen LogP) is 0.591. The monoisotopic (exact) mass is 405 g/mol. The molecule has 148 valence electrons. The van der Waals surface area contributed by atoms with Gasteiger partial charge < -0.3 is 10.1 Å². The number of nitrogens with one attached hydrogen (secondary N) is 1. The summed E-state index contributed by atoms with van der Waals surface area (Å²) in [5.74, 6) is 0.368. The Morgan fingerprint density at radius 3 is 2.71 bits per heavy atom. The van der Waals surface area contributed by atoms with Gasteiger partial charge in [-0.1, -0.05) is 12.1 Å². The van der Waals surface area contributed by atoms with Crippen molar-refractivity contribution >= 4 is 28.7 Å². The highest BCUT2D eigenvalue weighted by Gasteiger charge is 2.19. The highest BCUT2D eigenvalue weighted by Crippen LogP contribution is 2.15. The number of imidazole rings is 1. The minimum Gasteiger partial charge on any atom is -0.492 e. The summed E-state index contributed by atoms with van der Waals surface area (Å²) in [4.78, 5) is 40.8. The van der Waals surface area contributed by atoms with Gasteiger partial charge in [0.25, 0.3) is 5.56 Å². The number of amides is 1. The fraction of sp³-hybridized carbons (Fsp3) is 0.333. The van der Waals surface area contributed by atoms with Crippen LogP contribution in [0.25, 0.3) is 11.2 Å². The summed E-state index contributed by atoms with van der Waals surface area (Å²) in [6.45, 7) is 2.35. The first-order valence-electron chi connectivity index (χ1n) is 8.57. The topological polar surface area (TPSA) is 100 Å². The van der Waals surface area contributed by atoms with Crippen molar-refractivity contribution in [2.45, 2.75) is 13.5 Å². The van der Waals surface area contributed by atoms with Gasteiger partial charge in [-0.05, 0) is 36.2 Å². The van der Waals surface area contributed by atoms with Gasteiger partial charge in [0, 0.05) is 14.1 Å². The third-order valence-corrected chi connectivity index (χ3v) is 4.57. The Hall–Kier alpha value is -3.07. The molecule has 1 amide bonds. The van der Waals surface area contributed by atoms with E-state index in [1.165, 1.54) is 23.2 Å². The lowest BCUT2D eigenvalue weighted by molar-refractivity contribution is -0.121. The summed E-state index contributed by atoms with van der Waals surface area (Å²) >= 11 is 6.10. The van der Waals surface area contributed by atoms with Crippen molar-refractivity contribution < 1.29 is 9.53 Å². The summed E-state index contributed by atoms with van der Waals surface area (Å²) < 4.78 is 9.03. The van der Waals surface area contributed by atoms with Crippen LogP contribution in [-0.2, 0) is 25.4 Å². The van der Waals surface area contributed by atoms with Gasteiger partial charge in [0.05, 0.1) is 6.54 Å². The van der Waals surface area contributed by atoms with Crippen LogP contribution in [0.4, 0.5) is 0 Å². The van der Waals surface area contributed by atoms with Gasteiger partial charge in [0.2, 0.25) is 11.2 Å². The molecule has 0 aliphatic rings. The number of nitrogens with zero attached hydrogens (tertiary/aromatic N) is 4. The molecule has 0 saturated heterocycles. The molecule has 28 heavy (non-hydrogen) atoms. The molecular weight excluding hydrogens is 386 g/mol. The standard InChI is InChI=1S/C18H20ClN5O4/c1-11-5-4-6-12(9-11)28-8-7-20-13(25)10-24-14-15(21-17(24)19)22(2)18(27)23(3)16(14)26/h4-6,9H,7-8,10H2,1-3H3,(H,20,25). The van der Waals surface area contributed by atoms with Crippen molar-refractivity contribution in [1.29, 1.82) is 0 Å². The average molecular weight is 406 g/mol. The van der Waals surface area contributed by atoms with Crippen molar-refractivity contribution in [1.82, 2.24) is 24.0 Å². The smallest absolute Gasteiger partial charge is 0.332 e. The number of carbonyl (C=O) groups excluding carboxylic acids is 1. The van der Waals surface area contributed by atoms with Gasteiger partial charge >= 0.3 is 5.69 Å². The van der Waals surface area contributed by atoms with Gasteiger partial charge in [-0.2, -0.15) is 4.98 Å². The Kier molecular flexibility index (Phi) is 5.55. The van der Waals surface area contributed by atoms with Crippen LogP contribution in [0.15, 0.2) is 33.9 Å². The van der Waals surface area contributed by atoms with Crippen LogP contribution < -0.4 is 21.3 Å². The second-order valence-corrected chi connectivity index (χ2v) is 6.70. The summed E-state index contributed by atoms with van der Waals surface area (Å²) in [6.07, 6.45) is 0. The molecular formula is C18H20ClN5O4. The van der Waals surface area contributed by atoms with Crippen LogP contribution in [0.1, 0.15) is 5.56 Å². The zero-order valence-electron chi connectivity index (χ0n) is 15.7. The van der Waals surface area contributed by atoms with Gasteiger partial charge in [-0.3, -0.25) is 23.3 Å². The number of hydrogen-bond donors (Lipinski definition) is 1. The molecule has 0 spiro atoms. The molecule has 10 heteroatoms. The molecule has 0 saturated carbocycles. The first-order chi connectivity index (χ1) is 13.3. The maximum atomic E-state index is 12.4. The average Bonchev–Trinajstić information content (AvgIpc) is 2.98. The lowest BCUT2D eigenvalue weighted by Gasteiger charge is -2.10. The fourth-order valence-corrected chi connectivity index (χ4v) is 3.05. The molecule has 2 aromatic heterocycles. The number of aromatic nitrogens is 4. The number of aryl methyl sites for hydroxylation is 2. The van der Waals surface area contributed by atoms with Gasteiger partial charge in [-0.15, -0.1) is 0 Å². The van der Waals surface area contributed by atoms with Crippen molar-refractivity contribution in [3.8, 4) is 5.75 Å². The van der Waals surface area contributed by atoms with Crippen LogP contribution in [0.5, 0.6) is 5.75 Å². The maximum absolute atomic E-state index is 12.4. The summed E-state index contributed by atoms with van der Waals surface area (Å²) in [7, 11) is 2.85. The Morgan fingerprint density at radius 2 is 2.00 bits per heavy atom. The van der Waals surface area contributed by atoms with E-state index in [2.05, 4.69) is 10.3 Å². The number of fused-ring (bicyclic) bond motifs is 1. The lowest BCUT2D eigenvalue weighted by atomic mass is 10.2. The second-order valence-electron chi connectivity index (χ2n) is 6.36. The second kappa shape index (κ2) is 7.89. The van der Waals surface area contributed by atoms with E-state index in [0.29, 0.717) is 6.61 Å². The van der Waals surface area contributed by atoms with Crippen LogP contribution in [0, 0.1) is 6.92 Å². The lowest BCUT2D eigenvalue weighted by Crippen LogP contribution is -2.38. The van der Waals surface area contributed by atoms with Crippen molar-refractivity contribution in [3.05, 3.63) is 56.0 Å². The molecule has 3 aromatic rings. The zero-order valence-corrected chi connectivity index (χ0v) is 16.5. The summed E-state index contributed by atoms with van der Waals surface area (Å²) in [6, 6.07) is 7.60. The quantitative estimate of drug-likeness (QED) is 0.478. The Bertz CT molecular complexity index is 1160. The number of carbonyl (C=O) groups is 1. The van der Waals surface area contributed by atoms with E-state index in [1.807, 2.05) is 31.2 Å². The first kappa shape index (κ1) is 19.7. The SMILES string of the molecule is Cc1cccc(OCCNC(=O)Cn2c(Cl)nc3c2c(=O)n(C)c(=O)n3C)c1. The fourth-order valence-electron chi connectivity index (χ4n) is 2.83. The molecule has 1 N–H and O–H groups in total. The van der Waals surface area contributed by atoms with E-state index < -0.39 is 11.2 Å². The third-order valence-electron chi connectivity index (χ3n) is 4.29. The molecule has 0 radical (unpaired) electrons. The number of ether oxygens (including phenoxy) is 1. The first-order valence-corrected chi connectivity index (χ1v) is 8.95. The van der Waals surface area contributed by atoms with E-state index >= 15 is 0 Å². The van der Waals surface area contributed by atoms with Gasteiger partial charge in [0.1, 0.15) is 18.9 Å². The highest BCUT2D eigenvalue weighted by molar-refractivity contribution is 6.29. The molecule has 3 rings (SSSR count). The van der Waals surface area contributed by atoms with Gasteiger partial charge in [0.15, 0.2) is 11.2 Å². The van der Waals surface area contributed by atoms with E-state index in [1.54, 1.807) is 0 Å². The normalized spacial score (nSPS) is 11.0. The third kappa shape index (κ3) is 3.79. The van der Waals surface area contributed by atoms with E-state index in [9.17, 15) is 14.4 Å². The van der Waals surface area contributed by atoms with Crippen LogP contribution in [0.2, 0.25) is 5.28 Å². The molecule has 1 aromatic carbocycles. The number of benzene rings is 1. The molecule has 0 fully saturated rings. The molecule has 0 aliphatic carbocycles. The van der Waals surface area contributed by atoms with Crippen molar-refractivity contribution in [2.75, 3.05) is 13.2 Å². The van der Waals surface area contributed by atoms with Crippen LogP contribution in [0.3, 0.4) is 0 Å². The summed E-state index contributed by atoms with van der Waals surface area (Å²) in [5.41, 5.74) is 0.234. The number of hydrogen-bond acceptors (Lipinski definition) is 5. The molecule has 0 atom stereocenters. The zero-order chi connectivity index (χ0) is 20.4. The van der Waals surface area contributed by atoms with Crippen LogP contribution >= 0.6 is 11.6 Å². The highest BCUT2D eigenvalue weighted by atomic mass is 35.5. The van der Waals surface area contributed by atoms with Crippen LogP contribution in [-0.4, -0.2) is 37.7 Å². The molecule has 0 bridgehead atoms. The van der Waals surface area contributed by atoms with Gasteiger partial charge in [-0.25, -0.2) is 4.79 Å². The number of rotatable bonds is 6. The Morgan fingerprint density at radius 1 is 1.25 bits per heavy atom. The molecule has 0 unspecified atom stereocenters. The van der Waals surface area contributed by atoms with Crippen molar-refractivity contribution in [2.24, 2.45) is 14.1 Å². The van der Waals surface area contributed by atoms with Crippen molar-refractivity contribution in [3.63, 3.8) is 0 Å². The summed E-state index contributed by atoms with van der Waals surface area (Å²) in [5, 5.41) is 2.67.